The predicted octanol–water partition coefficient (Wildman–Crippen LogP) is 0.136. The predicted molar refractivity (Wildman–Crippen MR) is 75.1 cm³/mol. The molecule has 0 bridgehead atoms. The summed E-state index contributed by atoms with van der Waals surface area (Å²) in [5, 5.41) is 25.7. The van der Waals surface area contributed by atoms with Crippen molar-refractivity contribution in [3.05, 3.63) is 0 Å². The van der Waals surface area contributed by atoms with Gasteiger partial charge in [0.2, 0.25) is 0 Å². The zero-order valence-corrected chi connectivity index (χ0v) is 11.9. The van der Waals surface area contributed by atoms with E-state index in [1.807, 2.05) is 0 Å². The van der Waals surface area contributed by atoms with Crippen molar-refractivity contribution in [1.82, 2.24) is 16.0 Å². The molecule has 2 amide bonds. The number of rotatable bonds is 11. The third-order valence-corrected chi connectivity index (χ3v) is 3.14. The molecular weight excluding hydrogens is 278 g/mol. The number of aliphatic carboxylic acids is 2. The van der Waals surface area contributed by atoms with Gasteiger partial charge in [0.1, 0.15) is 6.04 Å². The molecule has 120 valence electrons. The number of carboxylic acid groups (broad SMARTS) is 2. The summed E-state index contributed by atoms with van der Waals surface area (Å²) in [5.74, 6) is -2.14. The van der Waals surface area contributed by atoms with Crippen molar-refractivity contribution in [1.29, 1.82) is 0 Å². The molecule has 1 rings (SSSR count). The molecule has 0 unspecified atom stereocenters. The normalized spacial score (nSPS) is 15.2. The van der Waals surface area contributed by atoms with Gasteiger partial charge in [-0.15, -0.1) is 0 Å². The van der Waals surface area contributed by atoms with Gasteiger partial charge in [0, 0.05) is 19.0 Å². The molecule has 8 heteroatoms. The van der Waals surface area contributed by atoms with Crippen LogP contribution in [0.1, 0.15) is 38.5 Å². The Bertz CT molecular complexity index is 371. The molecule has 5 N–H and O–H groups in total. The summed E-state index contributed by atoms with van der Waals surface area (Å²) in [7, 11) is 0. The zero-order valence-electron chi connectivity index (χ0n) is 11.9. The van der Waals surface area contributed by atoms with Crippen molar-refractivity contribution < 1.29 is 24.6 Å². The molecule has 1 saturated carbocycles. The monoisotopic (exact) mass is 301 g/mol. The smallest absolute Gasteiger partial charge is 0.326 e. The third kappa shape index (κ3) is 8.85. The summed E-state index contributed by atoms with van der Waals surface area (Å²) < 4.78 is 0. The van der Waals surface area contributed by atoms with Gasteiger partial charge in [-0.25, -0.2) is 9.59 Å². The lowest BCUT2D eigenvalue weighted by atomic mass is 10.1. The lowest BCUT2D eigenvalue weighted by Crippen LogP contribution is -2.46. The van der Waals surface area contributed by atoms with E-state index in [9.17, 15) is 14.4 Å². The molecule has 0 aliphatic heterocycles. The lowest BCUT2D eigenvalue weighted by Gasteiger charge is -2.14. The molecule has 0 saturated heterocycles. The highest BCUT2D eigenvalue weighted by atomic mass is 16.4. The quantitative estimate of drug-likeness (QED) is 0.345. The minimum atomic E-state index is -1.16. The molecule has 1 aliphatic rings. The highest BCUT2D eigenvalue weighted by molar-refractivity contribution is 5.82. The number of hydrogen-bond donors (Lipinski definition) is 5. The van der Waals surface area contributed by atoms with Crippen molar-refractivity contribution in [2.45, 2.75) is 50.6 Å². The standard InChI is InChI=1S/C13H23N3O5/c17-11(18)4-1-3-10(12(19)20)16-13(21)15-8-2-7-14-9-5-6-9/h9-10,14H,1-8H2,(H,17,18)(H,19,20)(H2,15,16,21)/t10-/m1/s1. The van der Waals surface area contributed by atoms with Crippen LogP contribution in [0.3, 0.4) is 0 Å². The fraction of sp³-hybridized carbons (Fsp3) is 0.769. The molecular formula is C13H23N3O5. The summed E-state index contributed by atoms with van der Waals surface area (Å²) in [6.07, 6.45) is 3.39. The second kappa shape index (κ2) is 9.17. The van der Waals surface area contributed by atoms with E-state index in [0.29, 0.717) is 12.6 Å². The molecule has 1 atom stereocenters. The van der Waals surface area contributed by atoms with Crippen LogP contribution in [0.5, 0.6) is 0 Å². The third-order valence-electron chi connectivity index (χ3n) is 3.14. The van der Waals surface area contributed by atoms with Crippen molar-refractivity contribution in [2.24, 2.45) is 0 Å². The van der Waals surface area contributed by atoms with Gasteiger partial charge in [0.25, 0.3) is 0 Å². The number of carbonyl (C=O) groups is 3. The Balaban J connectivity index is 2.11. The van der Waals surface area contributed by atoms with Crippen LogP contribution < -0.4 is 16.0 Å². The maximum absolute atomic E-state index is 11.5. The molecule has 0 heterocycles. The summed E-state index contributed by atoms with van der Waals surface area (Å²) in [6.45, 7) is 1.29. The van der Waals surface area contributed by atoms with Gasteiger partial charge in [-0.2, -0.15) is 0 Å². The van der Waals surface area contributed by atoms with Crippen LogP contribution in [0.2, 0.25) is 0 Å². The Morgan fingerprint density at radius 2 is 1.81 bits per heavy atom. The van der Waals surface area contributed by atoms with Gasteiger partial charge in [0.05, 0.1) is 0 Å². The average molecular weight is 301 g/mol. The first-order chi connectivity index (χ1) is 9.99. The van der Waals surface area contributed by atoms with E-state index < -0.39 is 24.0 Å². The van der Waals surface area contributed by atoms with Crippen LogP contribution in [0, 0.1) is 0 Å². The Labute approximate surface area is 123 Å². The molecule has 21 heavy (non-hydrogen) atoms. The topological polar surface area (TPSA) is 128 Å². The van der Waals surface area contributed by atoms with Crippen molar-refractivity contribution in [2.75, 3.05) is 13.1 Å². The molecule has 0 aromatic heterocycles. The number of carboxylic acids is 2. The first-order valence-electron chi connectivity index (χ1n) is 7.21. The summed E-state index contributed by atoms with van der Waals surface area (Å²) in [6, 6.07) is -0.970. The molecule has 0 aromatic rings. The molecule has 8 nitrogen and oxygen atoms in total. The van der Waals surface area contributed by atoms with Crippen LogP contribution in [-0.2, 0) is 9.59 Å². The SMILES string of the molecule is O=C(O)CCC[C@@H](NC(=O)NCCCNC1CC1)C(=O)O. The Kier molecular flexibility index (Phi) is 7.52. The highest BCUT2D eigenvalue weighted by Gasteiger charge is 2.20. The second-order valence-electron chi connectivity index (χ2n) is 5.16. The van der Waals surface area contributed by atoms with Crippen LogP contribution >= 0.6 is 0 Å². The fourth-order valence-corrected chi connectivity index (χ4v) is 1.81. The zero-order chi connectivity index (χ0) is 15.7. The van der Waals surface area contributed by atoms with Gasteiger partial charge < -0.3 is 26.2 Å². The molecule has 0 radical (unpaired) electrons. The van der Waals surface area contributed by atoms with E-state index in [2.05, 4.69) is 16.0 Å². The highest BCUT2D eigenvalue weighted by Crippen LogP contribution is 2.18. The molecule has 0 spiro atoms. The van der Waals surface area contributed by atoms with Crippen LogP contribution in [0.25, 0.3) is 0 Å². The number of urea groups is 1. The first kappa shape index (κ1) is 17.2. The summed E-state index contributed by atoms with van der Waals surface area (Å²) in [4.78, 5) is 32.9. The second-order valence-corrected chi connectivity index (χ2v) is 5.16. The largest absolute Gasteiger partial charge is 0.481 e. The van der Waals surface area contributed by atoms with E-state index >= 15 is 0 Å². The van der Waals surface area contributed by atoms with Gasteiger partial charge in [-0.05, 0) is 38.6 Å². The number of nitrogens with one attached hydrogen (secondary N) is 3. The van der Waals surface area contributed by atoms with Crippen LogP contribution in [0.15, 0.2) is 0 Å². The molecule has 1 fully saturated rings. The van der Waals surface area contributed by atoms with E-state index in [-0.39, 0.29) is 19.3 Å². The van der Waals surface area contributed by atoms with Gasteiger partial charge >= 0.3 is 18.0 Å². The van der Waals surface area contributed by atoms with E-state index in [1.165, 1.54) is 12.8 Å². The minimum Gasteiger partial charge on any atom is -0.481 e. The van der Waals surface area contributed by atoms with E-state index in [4.69, 9.17) is 10.2 Å². The first-order valence-corrected chi connectivity index (χ1v) is 7.21. The maximum Gasteiger partial charge on any atom is 0.326 e. The van der Waals surface area contributed by atoms with Crippen molar-refractivity contribution in [3.63, 3.8) is 0 Å². The van der Waals surface area contributed by atoms with Gasteiger partial charge in [-0.1, -0.05) is 0 Å². The Morgan fingerprint density at radius 1 is 1.10 bits per heavy atom. The van der Waals surface area contributed by atoms with Crippen molar-refractivity contribution in [3.8, 4) is 0 Å². The van der Waals surface area contributed by atoms with Crippen LogP contribution in [-0.4, -0.2) is 53.4 Å². The van der Waals surface area contributed by atoms with Gasteiger partial charge in [-0.3, -0.25) is 4.79 Å². The maximum atomic E-state index is 11.5. The Hall–Kier alpha value is -1.83. The average Bonchev–Trinajstić information content (AvgIpc) is 3.20. The van der Waals surface area contributed by atoms with E-state index in [1.54, 1.807) is 0 Å². The summed E-state index contributed by atoms with van der Waals surface area (Å²) >= 11 is 0. The fourth-order valence-electron chi connectivity index (χ4n) is 1.81. The van der Waals surface area contributed by atoms with Crippen molar-refractivity contribution >= 4 is 18.0 Å². The number of hydrogen-bond acceptors (Lipinski definition) is 4. The molecule has 1 aliphatic carbocycles. The van der Waals surface area contributed by atoms with Gasteiger partial charge in [0.15, 0.2) is 0 Å². The lowest BCUT2D eigenvalue weighted by molar-refractivity contribution is -0.140. The van der Waals surface area contributed by atoms with E-state index in [0.717, 1.165) is 13.0 Å². The summed E-state index contributed by atoms with van der Waals surface area (Å²) in [5.41, 5.74) is 0. The minimum absolute atomic E-state index is 0.0955. The van der Waals surface area contributed by atoms with Crippen LogP contribution in [0.4, 0.5) is 4.79 Å². The Morgan fingerprint density at radius 3 is 2.38 bits per heavy atom. The molecule has 0 aromatic carbocycles. The number of amides is 2. The number of carbonyl (C=O) groups excluding carboxylic acids is 1.